The predicted octanol–water partition coefficient (Wildman–Crippen LogP) is 2.16. The Hall–Kier alpha value is -1.14. The molecule has 0 radical (unpaired) electrons. The third-order valence-electron chi connectivity index (χ3n) is 4.68. The molecule has 0 saturated carbocycles. The molecule has 2 fully saturated rings. The van der Waals surface area contributed by atoms with E-state index in [2.05, 4.69) is 16.8 Å². The number of rotatable bonds is 4. The van der Waals surface area contributed by atoms with Crippen molar-refractivity contribution in [2.45, 2.75) is 26.2 Å². The zero-order chi connectivity index (χ0) is 15.5. The molecule has 1 aromatic rings. The summed E-state index contributed by atoms with van der Waals surface area (Å²) in [6.07, 6.45) is 5.10. The van der Waals surface area contributed by atoms with Crippen molar-refractivity contribution in [2.24, 2.45) is 11.8 Å². The number of amides is 1. The number of aromatic nitrogens is 1. The molecule has 1 amide bonds. The Labute approximate surface area is 136 Å². The predicted molar refractivity (Wildman–Crippen MR) is 88.4 cm³/mol. The minimum absolute atomic E-state index is 0.0865. The molecule has 1 aromatic heterocycles. The highest BCUT2D eigenvalue weighted by atomic mass is 32.1. The molecule has 0 spiro atoms. The largest absolute Gasteiger partial charge is 0.381 e. The summed E-state index contributed by atoms with van der Waals surface area (Å²) in [7, 11) is 1.94. The highest BCUT2D eigenvalue weighted by molar-refractivity contribution is 7.15. The molecule has 2 aliphatic heterocycles. The third-order valence-corrected chi connectivity index (χ3v) is 5.65. The van der Waals surface area contributed by atoms with Crippen molar-refractivity contribution in [1.82, 2.24) is 9.88 Å². The van der Waals surface area contributed by atoms with Gasteiger partial charge in [0, 0.05) is 44.4 Å². The second kappa shape index (κ2) is 6.96. The topological polar surface area (TPSA) is 45.7 Å². The summed E-state index contributed by atoms with van der Waals surface area (Å²) in [6.45, 7) is 6.40. The molecule has 5 nitrogen and oxygen atoms in total. The van der Waals surface area contributed by atoms with E-state index in [0.29, 0.717) is 12.5 Å². The lowest BCUT2D eigenvalue weighted by atomic mass is 9.96. The quantitative estimate of drug-likeness (QED) is 0.852. The number of thiazole rings is 1. The molecule has 0 N–H and O–H groups in total. The third kappa shape index (κ3) is 3.60. The van der Waals surface area contributed by atoms with Gasteiger partial charge in [0.25, 0.3) is 0 Å². The van der Waals surface area contributed by atoms with Gasteiger partial charge in [-0.2, -0.15) is 0 Å². The Morgan fingerprint density at radius 1 is 1.45 bits per heavy atom. The van der Waals surface area contributed by atoms with Crippen LogP contribution >= 0.6 is 11.3 Å². The first-order valence-electron chi connectivity index (χ1n) is 8.13. The van der Waals surface area contributed by atoms with Crippen LogP contribution in [0.15, 0.2) is 6.20 Å². The molecule has 0 aliphatic carbocycles. The zero-order valence-corrected chi connectivity index (χ0v) is 14.3. The van der Waals surface area contributed by atoms with Gasteiger partial charge in [-0.25, -0.2) is 4.98 Å². The highest BCUT2D eigenvalue weighted by Gasteiger charge is 2.28. The normalized spacial score (nSPS) is 23.0. The van der Waals surface area contributed by atoms with E-state index in [9.17, 15) is 4.79 Å². The standard InChI is InChI=1S/C16H25N3O2S/c1-12-9-17-16(22-12)19-6-3-13(4-7-19)10-18(2)15(20)14-5-8-21-11-14/h9,13-14H,3-8,10-11H2,1-2H3. The minimum atomic E-state index is 0.0865. The van der Waals surface area contributed by atoms with Crippen molar-refractivity contribution in [3.05, 3.63) is 11.1 Å². The van der Waals surface area contributed by atoms with Crippen LogP contribution in [0, 0.1) is 18.8 Å². The maximum Gasteiger partial charge on any atom is 0.227 e. The SMILES string of the molecule is Cc1cnc(N2CCC(CN(C)C(=O)C3CCOC3)CC2)s1. The van der Waals surface area contributed by atoms with Crippen molar-refractivity contribution in [1.29, 1.82) is 0 Å². The molecule has 1 atom stereocenters. The fourth-order valence-corrected chi connectivity index (χ4v) is 4.12. The minimum Gasteiger partial charge on any atom is -0.381 e. The number of piperidine rings is 1. The molecule has 2 saturated heterocycles. The van der Waals surface area contributed by atoms with Crippen molar-refractivity contribution < 1.29 is 9.53 Å². The summed E-state index contributed by atoms with van der Waals surface area (Å²) in [5.74, 6) is 0.951. The molecule has 0 bridgehead atoms. The van der Waals surface area contributed by atoms with Crippen molar-refractivity contribution in [2.75, 3.05) is 44.8 Å². The summed E-state index contributed by atoms with van der Waals surface area (Å²) in [5, 5.41) is 1.14. The summed E-state index contributed by atoms with van der Waals surface area (Å²) in [4.78, 5) is 22.4. The number of ether oxygens (including phenoxy) is 1. The molecule has 2 aliphatic rings. The molecule has 6 heteroatoms. The molecule has 3 heterocycles. The molecule has 0 aromatic carbocycles. The van der Waals surface area contributed by atoms with E-state index >= 15 is 0 Å². The van der Waals surface area contributed by atoms with Gasteiger partial charge in [0.1, 0.15) is 0 Å². The second-order valence-corrected chi connectivity index (χ2v) is 7.68. The molecule has 3 rings (SSSR count). The molecular weight excluding hydrogens is 298 g/mol. The Kier molecular flexibility index (Phi) is 4.98. The van der Waals surface area contributed by atoms with Gasteiger partial charge in [0.15, 0.2) is 5.13 Å². The Morgan fingerprint density at radius 3 is 2.82 bits per heavy atom. The van der Waals surface area contributed by atoms with Gasteiger partial charge in [-0.05, 0) is 32.1 Å². The first-order chi connectivity index (χ1) is 10.6. The monoisotopic (exact) mass is 323 g/mol. The van der Waals surface area contributed by atoms with Crippen molar-refractivity contribution >= 4 is 22.4 Å². The van der Waals surface area contributed by atoms with Crippen molar-refractivity contribution in [3.8, 4) is 0 Å². The van der Waals surface area contributed by atoms with Gasteiger partial charge in [0.05, 0.1) is 12.5 Å². The lowest BCUT2D eigenvalue weighted by Crippen LogP contribution is -2.41. The van der Waals surface area contributed by atoms with Crippen LogP contribution in [0.1, 0.15) is 24.1 Å². The molecule has 1 unspecified atom stereocenters. The van der Waals surface area contributed by atoms with Crippen molar-refractivity contribution in [3.63, 3.8) is 0 Å². The van der Waals surface area contributed by atoms with Crippen LogP contribution < -0.4 is 4.90 Å². The van der Waals surface area contributed by atoms with Crippen LogP contribution in [-0.4, -0.2) is 55.7 Å². The summed E-state index contributed by atoms with van der Waals surface area (Å²) < 4.78 is 5.32. The van der Waals surface area contributed by atoms with Crippen LogP contribution in [0.5, 0.6) is 0 Å². The number of hydrogen-bond acceptors (Lipinski definition) is 5. The van der Waals surface area contributed by atoms with E-state index < -0.39 is 0 Å². The van der Waals surface area contributed by atoms with E-state index in [1.165, 1.54) is 4.88 Å². The Balaban J connectivity index is 1.46. The zero-order valence-electron chi connectivity index (χ0n) is 13.5. The number of anilines is 1. The maximum atomic E-state index is 12.3. The van der Waals surface area contributed by atoms with E-state index in [0.717, 1.165) is 50.6 Å². The molecule has 22 heavy (non-hydrogen) atoms. The molecular formula is C16H25N3O2S. The van der Waals surface area contributed by atoms with E-state index in [1.54, 1.807) is 11.3 Å². The highest BCUT2D eigenvalue weighted by Crippen LogP contribution is 2.27. The fourth-order valence-electron chi connectivity index (χ4n) is 3.31. The summed E-state index contributed by atoms with van der Waals surface area (Å²) in [6, 6.07) is 0. The van der Waals surface area contributed by atoms with Crippen LogP contribution in [0.3, 0.4) is 0 Å². The first kappa shape index (κ1) is 15.7. The lowest BCUT2D eigenvalue weighted by Gasteiger charge is -2.34. The van der Waals surface area contributed by atoms with Crippen LogP contribution in [0.2, 0.25) is 0 Å². The van der Waals surface area contributed by atoms with E-state index in [-0.39, 0.29) is 11.8 Å². The fraction of sp³-hybridized carbons (Fsp3) is 0.750. The van der Waals surface area contributed by atoms with Gasteiger partial charge in [-0.3, -0.25) is 4.79 Å². The summed E-state index contributed by atoms with van der Waals surface area (Å²) in [5.41, 5.74) is 0. The molecule has 122 valence electrons. The van der Waals surface area contributed by atoms with Crippen LogP contribution in [-0.2, 0) is 9.53 Å². The Morgan fingerprint density at radius 2 is 2.23 bits per heavy atom. The summed E-state index contributed by atoms with van der Waals surface area (Å²) >= 11 is 1.77. The average Bonchev–Trinajstić information content (AvgIpc) is 3.18. The average molecular weight is 323 g/mol. The Bertz CT molecular complexity index is 505. The van der Waals surface area contributed by atoms with E-state index in [1.807, 2.05) is 18.1 Å². The van der Waals surface area contributed by atoms with E-state index in [4.69, 9.17) is 4.74 Å². The first-order valence-corrected chi connectivity index (χ1v) is 8.95. The number of hydrogen-bond donors (Lipinski definition) is 0. The van der Waals surface area contributed by atoms with Gasteiger partial charge in [-0.15, -0.1) is 11.3 Å². The van der Waals surface area contributed by atoms with Crippen LogP contribution in [0.25, 0.3) is 0 Å². The van der Waals surface area contributed by atoms with Crippen LogP contribution in [0.4, 0.5) is 5.13 Å². The maximum absolute atomic E-state index is 12.3. The smallest absolute Gasteiger partial charge is 0.227 e. The number of carbonyl (C=O) groups is 1. The van der Waals surface area contributed by atoms with Gasteiger partial charge in [-0.1, -0.05) is 0 Å². The van der Waals surface area contributed by atoms with Gasteiger partial charge < -0.3 is 14.5 Å². The number of aryl methyl sites for hydroxylation is 1. The number of carbonyl (C=O) groups excluding carboxylic acids is 1. The second-order valence-electron chi connectivity index (χ2n) is 6.46. The lowest BCUT2D eigenvalue weighted by molar-refractivity contribution is -0.134. The number of nitrogens with zero attached hydrogens (tertiary/aromatic N) is 3. The van der Waals surface area contributed by atoms with Gasteiger partial charge in [0.2, 0.25) is 5.91 Å². The van der Waals surface area contributed by atoms with Gasteiger partial charge >= 0.3 is 0 Å².